The maximum Gasteiger partial charge on any atom is 0.191 e. The standard InChI is InChI=1S/C23H33N3O3/c1-4-24-23(26-17-19-12-13-21(27)22(16-19)28-5-2)25-14-9-15-29-18(3)20-10-7-6-8-11-20/h6-8,10-13,16,18,27H,4-5,9,14-15,17H2,1-3H3,(H2,24,25,26). The molecule has 0 amide bonds. The Morgan fingerprint density at radius 2 is 1.90 bits per heavy atom. The number of aromatic hydroxyl groups is 1. The average Bonchev–Trinajstić information content (AvgIpc) is 2.74. The molecular formula is C23H33N3O3. The second kappa shape index (κ2) is 12.7. The predicted octanol–water partition coefficient (Wildman–Crippen LogP) is 4.01. The Labute approximate surface area is 174 Å². The molecule has 2 aromatic rings. The van der Waals surface area contributed by atoms with E-state index in [9.17, 15) is 5.11 Å². The van der Waals surface area contributed by atoms with E-state index in [1.807, 2.05) is 44.2 Å². The summed E-state index contributed by atoms with van der Waals surface area (Å²) in [4.78, 5) is 4.61. The van der Waals surface area contributed by atoms with E-state index < -0.39 is 0 Å². The van der Waals surface area contributed by atoms with Gasteiger partial charge in [0.25, 0.3) is 0 Å². The van der Waals surface area contributed by atoms with E-state index in [1.54, 1.807) is 6.07 Å². The number of benzene rings is 2. The largest absolute Gasteiger partial charge is 0.504 e. The van der Waals surface area contributed by atoms with Crippen LogP contribution in [0.3, 0.4) is 0 Å². The lowest BCUT2D eigenvalue weighted by atomic mass is 10.1. The van der Waals surface area contributed by atoms with Crippen LogP contribution in [0.25, 0.3) is 0 Å². The molecule has 2 rings (SSSR count). The Kier molecular flexibility index (Phi) is 9.86. The number of phenols is 1. The van der Waals surface area contributed by atoms with Crippen LogP contribution in [-0.4, -0.2) is 37.4 Å². The van der Waals surface area contributed by atoms with Crippen LogP contribution in [0.1, 0.15) is 44.4 Å². The highest BCUT2D eigenvalue weighted by molar-refractivity contribution is 5.79. The molecule has 0 aliphatic carbocycles. The quantitative estimate of drug-likeness (QED) is 0.302. The van der Waals surface area contributed by atoms with Gasteiger partial charge in [-0.05, 0) is 50.5 Å². The Morgan fingerprint density at radius 1 is 1.10 bits per heavy atom. The molecule has 158 valence electrons. The zero-order valence-corrected chi connectivity index (χ0v) is 17.6. The molecule has 0 radical (unpaired) electrons. The van der Waals surface area contributed by atoms with E-state index in [1.165, 1.54) is 5.56 Å². The third-order valence-corrected chi connectivity index (χ3v) is 4.34. The summed E-state index contributed by atoms with van der Waals surface area (Å²) in [5.41, 5.74) is 2.17. The van der Waals surface area contributed by atoms with Crippen molar-refractivity contribution in [3.63, 3.8) is 0 Å². The van der Waals surface area contributed by atoms with Crippen LogP contribution in [-0.2, 0) is 11.3 Å². The highest BCUT2D eigenvalue weighted by atomic mass is 16.5. The summed E-state index contributed by atoms with van der Waals surface area (Å²) in [6.45, 7) is 9.24. The monoisotopic (exact) mass is 399 g/mol. The van der Waals surface area contributed by atoms with E-state index in [0.29, 0.717) is 25.5 Å². The van der Waals surface area contributed by atoms with Crippen molar-refractivity contribution in [2.75, 3.05) is 26.3 Å². The van der Waals surface area contributed by atoms with Crippen LogP contribution >= 0.6 is 0 Å². The van der Waals surface area contributed by atoms with Gasteiger partial charge in [0.05, 0.1) is 19.3 Å². The Morgan fingerprint density at radius 3 is 2.62 bits per heavy atom. The third-order valence-electron chi connectivity index (χ3n) is 4.34. The number of guanidine groups is 1. The van der Waals surface area contributed by atoms with Gasteiger partial charge >= 0.3 is 0 Å². The Bertz CT molecular complexity index is 750. The fourth-order valence-electron chi connectivity index (χ4n) is 2.80. The van der Waals surface area contributed by atoms with Gasteiger partial charge in [-0.2, -0.15) is 0 Å². The minimum absolute atomic E-state index is 0.0899. The molecule has 0 saturated heterocycles. The molecule has 0 aliphatic heterocycles. The molecule has 2 aromatic carbocycles. The van der Waals surface area contributed by atoms with Crippen LogP contribution in [0.4, 0.5) is 0 Å². The molecule has 0 aromatic heterocycles. The number of nitrogens with one attached hydrogen (secondary N) is 2. The number of ether oxygens (including phenoxy) is 2. The molecule has 1 atom stereocenters. The SMILES string of the molecule is CCNC(=NCc1ccc(O)c(OCC)c1)NCCCOC(C)c1ccccc1. The van der Waals surface area contributed by atoms with Crippen molar-refractivity contribution in [3.05, 3.63) is 59.7 Å². The summed E-state index contributed by atoms with van der Waals surface area (Å²) in [6.07, 6.45) is 0.974. The summed E-state index contributed by atoms with van der Waals surface area (Å²) in [5.74, 6) is 1.40. The maximum atomic E-state index is 9.81. The van der Waals surface area contributed by atoms with E-state index >= 15 is 0 Å². The smallest absolute Gasteiger partial charge is 0.191 e. The third kappa shape index (κ3) is 8.03. The Hall–Kier alpha value is -2.73. The lowest BCUT2D eigenvalue weighted by molar-refractivity contribution is 0.0646. The Balaban J connectivity index is 1.78. The van der Waals surface area contributed by atoms with Crippen LogP contribution in [0.15, 0.2) is 53.5 Å². The summed E-state index contributed by atoms with van der Waals surface area (Å²) in [7, 11) is 0. The van der Waals surface area contributed by atoms with Crippen molar-refractivity contribution in [2.24, 2.45) is 4.99 Å². The van der Waals surface area contributed by atoms with E-state index in [-0.39, 0.29) is 11.9 Å². The first-order valence-corrected chi connectivity index (χ1v) is 10.3. The average molecular weight is 400 g/mol. The van der Waals surface area contributed by atoms with Crippen molar-refractivity contribution >= 4 is 5.96 Å². The maximum absolute atomic E-state index is 9.81. The molecule has 6 nitrogen and oxygen atoms in total. The van der Waals surface area contributed by atoms with Crippen LogP contribution in [0.2, 0.25) is 0 Å². The molecule has 0 spiro atoms. The highest BCUT2D eigenvalue weighted by Crippen LogP contribution is 2.27. The van der Waals surface area contributed by atoms with E-state index in [4.69, 9.17) is 9.47 Å². The van der Waals surface area contributed by atoms with Crippen LogP contribution < -0.4 is 15.4 Å². The summed E-state index contributed by atoms with van der Waals surface area (Å²) >= 11 is 0. The molecule has 1 unspecified atom stereocenters. The van der Waals surface area contributed by atoms with Gasteiger partial charge in [-0.3, -0.25) is 0 Å². The van der Waals surface area contributed by atoms with Crippen molar-refractivity contribution < 1.29 is 14.6 Å². The second-order valence-electron chi connectivity index (χ2n) is 6.63. The molecule has 0 saturated carbocycles. The predicted molar refractivity (Wildman–Crippen MR) is 118 cm³/mol. The minimum atomic E-state index is 0.0899. The van der Waals surface area contributed by atoms with E-state index in [2.05, 4.69) is 34.7 Å². The normalized spacial score (nSPS) is 12.4. The highest BCUT2D eigenvalue weighted by Gasteiger charge is 2.06. The lowest BCUT2D eigenvalue weighted by Crippen LogP contribution is -2.38. The van der Waals surface area contributed by atoms with Gasteiger partial charge in [0, 0.05) is 19.7 Å². The zero-order chi connectivity index (χ0) is 20.9. The molecule has 29 heavy (non-hydrogen) atoms. The van der Waals surface area contributed by atoms with Crippen molar-refractivity contribution in [3.8, 4) is 11.5 Å². The minimum Gasteiger partial charge on any atom is -0.504 e. The fourth-order valence-corrected chi connectivity index (χ4v) is 2.80. The zero-order valence-electron chi connectivity index (χ0n) is 17.6. The number of hydrogen-bond donors (Lipinski definition) is 3. The number of phenolic OH excluding ortho intramolecular Hbond substituents is 1. The molecule has 0 bridgehead atoms. The van der Waals surface area contributed by atoms with Gasteiger partial charge in [0.2, 0.25) is 0 Å². The van der Waals surface area contributed by atoms with Gasteiger partial charge in [0.15, 0.2) is 17.5 Å². The molecule has 0 heterocycles. The number of hydrogen-bond acceptors (Lipinski definition) is 4. The van der Waals surface area contributed by atoms with Gasteiger partial charge in [0.1, 0.15) is 0 Å². The fraction of sp³-hybridized carbons (Fsp3) is 0.435. The molecule has 3 N–H and O–H groups in total. The molecule has 6 heteroatoms. The van der Waals surface area contributed by atoms with Crippen molar-refractivity contribution in [2.45, 2.75) is 39.8 Å². The molecular weight excluding hydrogens is 366 g/mol. The van der Waals surface area contributed by atoms with Gasteiger partial charge in [-0.25, -0.2) is 4.99 Å². The first-order valence-electron chi connectivity index (χ1n) is 10.3. The van der Waals surface area contributed by atoms with Gasteiger partial charge in [-0.1, -0.05) is 36.4 Å². The second-order valence-corrected chi connectivity index (χ2v) is 6.63. The van der Waals surface area contributed by atoms with Crippen molar-refractivity contribution in [1.82, 2.24) is 10.6 Å². The first-order chi connectivity index (χ1) is 14.1. The van der Waals surface area contributed by atoms with E-state index in [0.717, 1.165) is 31.0 Å². The van der Waals surface area contributed by atoms with Crippen LogP contribution in [0.5, 0.6) is 11.5 Å². The van der Waals surface area contributed by atoms with Gasteiger partial charge < -0.3 is 25.2 Å². The van der Waals surface area contributed by atoms with Crippen LogP contribution in [0, 0.1) is 0 Å². The molecule has 0 fully saturated rings. The van der Waals surface area contributed by atoms with Gasteiger partial charge in [-0.15, -0.1) is 0 Å². The molecule has 0 aliphatic rings. The first kappa shape index (κ1) is 22.6. The topological polar surface area (TPSA) is 75.1 Å². The number of aliphatic imine (C=N–C) groups is 1. The lowest BCUT2D eigenvalue weighted by Gasteiger charge is -2.15. The number of nitrogens with zero attached hydrogens (tertiary/aromatic N) is 1. The van der Waals surface area contributed by atoms with Crippen molar-refractivity contribution in [1.29, 1.82) is 0 Å². The number of rotatable bonds is 11. The summed E-state index contributed by atoms with van der Waals surface area (Å²) < 4.78 is 11.3. The summed E-state index contributed by atoms with van der Waals surface area (Å²) in [6, 6.07) is 15.5. The summed E-state index contributed by atoms with van der Waals surface area (Å²) in [5, 5.41) is 16.4.